The van der Waals surface area contributed by atoms with Crippen LogP contribution in [0.5, 0.6) is 0 Å². The van der Waals surface area contributed by atoms with Crippen molar-refractivity contribution in [3.05, 3.63) is 24.0 Å². The Morgan fingerprint density at radius 2 is 2.05 bits per heavy atom. The maximum Gasteiger partial charge on any atom is 0.240 e. The minimum Gasteiger partial charge on any atom is -0.396 e. The van der Waals surface area contributed by atoms with E-state index >= 15 is 0 Å². The van der Waals surface area contributed by atoms with Crippen molar-refractivity contribution in [1.82, 2.24) is 9.62 Å². The van der Waals surface area contributed by atoms with Crippen LogP contribution in [0.2, 0.25) is 0 Å². The highest BCUT2D eigenvalue weighted by Gasteiger charge is 2.18. The number of anilines is 1. The monoisotopic (exact) mass is 315 g/mol. The lowest BCUT2D eigenvalue weighted by molar-refractivity contribution is 0.195. The molecule has 5 nitrogen and oxygen atoms in total. The molecule has 7 heteroatoms. The lowest BCUT2D eigenvalue weighted by atomic mass is 9.99. The number of nitrogens with one attached hydrogen (secondary N) is 1. The van der Waals surface area contributed by atoms with Gasteiger partial charge in [0.25, 0.3) is 0 Å². The van der Waals surface area contributed by atoms with Crippen LogP contribution in [0.25, 0.3) is 0 Å². The van der Waals surface area contributed by atoms with E-state index in [1.54, 1.807) is 0 Å². The van der Waals surface area contributed by atoms with Crippen LogP contribution in [-0.2, 0) is 10.0 Å². The second kappa shape index (κ2) is 6.72. The van der Waals surface area contributed by atoms with Crippen molar-refractivity contribution in [3.63, 3.8) is 0 Å². The molecule has 0 saturated carbocycles. The summed E-state index contributed by atoms with van der Waals surface area (Å²) in [5, 5.41) is 0. The topological polar surface area (TPSA) is 75.4 Å². The summed E-state index contributed by atoms with van der Waals surface area (Å²) < 4.78 is 39.8. The predicted molar refractivity (Wildman–Crippen MR) is 80.8 cm³/mol. The van der Waals surface area contributed by atoms with E-state index in [1.165, 1.54) is 6.07 Å². The van der Waals surface area contributed by atoms with Gasteiger partial charge in [0, 0.05) is 13.1 Å². The highest BCUT2D eigenvalue weighted by atomic mass is 32.2. The third kappa shape index (κ3) is 4.39. The van der Waals surface area contributed by atoms with Crippen molar-refractivity contribution in [1.29, 1.82) is 0 Å². The van der Waals surface area contributed by atoms with Crippen molar-refractivity contribution in [2.75, 3.05) is 31.9 Å². The van der Waals surface area contributed by atoms with Gasteiger partial charge >= 0.3 is 0 Å². The van der Waals surface area contributed by atoms with Crippen molar-refractivity contribution in [2.45, 2.75) is 24.7 Å². The molecule has 0 spiro atoms. The molecule has 1 fully saturated rings. The molecule has 118 valence electrons. The fourth-order valence-corrected chi connectivity index (χ4v) is 3.45. The smallest absolute Gasteiger partial charge is 0.240 e. The van der Waals surface area contributed by atoms with Crippen LogP contribution in [0.4, 0.5) is 10.1 Å². The quantitative estimate of drug-likeness (QED) is 0.806. The third-order valence-electron chi connectivity index (χ3n) is 3.87. The number of hydrogen-bond acceptors (Lipinski definition) is 4. The van der Waals surface area contributed by atoms with Gasteiger partial charge in [-0.2, -0.15) is 0 Å². The largest absolute Gasteiger partial charge is 0.396 e. The number of piperidine rings is 1. The number of halogens is 1. The number of rotatable bonds is 5. The molecular weight excluding hydrogens is 293 g/mol. The molecule has 0 atom stereocenters. The molecule has 0 radical (unpaired) electrons. The van der Waals surface area contributed by atoms with Gasteiger partial charge in [0.15, 0.2) is 0 Å². The predicted octanol–water partition coefficient (Wildman–Crippen LogP) is 1.42. The van der Waals surface area contributed by atoms with Gasteiger partial charge in [-0.25, -0.2) is 17.5 Å². The molecule has 0 unspecified atom stereocenters. The molecule has 1 heterocycles. The number of hydrogen-bond donors (Lipinski definition) is 2. The Hall–Kier alpha value is -1.18. The summed E-state index contributed by atoms with van der Waals surface area (Å²) >= 11 is 0. The second-order valence-electron chi connectivity index (χ2n) is 5.61. The Morgan fingerprint density at radius 3 is 2.67 bits per heavy atom. The fraction of sp³-hybridized carbons (Fsp3) is 0.571. The first kappa shape index (κ1) is 16.2. The average Bonchev–Trinajstić information content (AvgIpc) is 2.44. The highest BCUT2D eigenvalue weighted by molar-refractivity contribution is 7.89. The van der Waals surface area contributed by atoms with Crippen LogP contribution in [-0.4, -0.2) is 39.5 Å². The summed E-state index contributed by atoms with van der Waals surface area (Å²) in [5.74, 6) is 0.136. The summed E-state index contributed by atoms with van der Waals surface area (Å²) in [6.07, 6.45) is 2.31. The molecule has 1 aromatic carbocycles. The number of sulfonamides is 1. The fourth-order valence-electron chi connectivity index (χ4n) is 2.40. The van der Waals surface area contributed by atoms with Crippen molar-refractivity contribution in [3.8, 4) is 0 Å². The van der Waals surface area contributed by atoms with Crippen LogP contribution < -0.4 is 10.5 Å². The summed E-state index contributed by atoms with van der Waals surface area (Å²) in [6, 6.07) is 3.42. The molecule has 0 aromatic heterocycles. The van der Waals surface area contributed by atoms with Crippen molar-refractivity contribution >= 4 is 15.7 Å². The van der Waals surface area contributed by atoms with Crippen LogP contribution in [0.3, 0.4) is 0 Å². The summed E-state index contributed by atoms with van der Waals surface area (Å²) in [5.41, 5.74) is 5.24. The van der Waals surface area contributed by atoms with E-state index in [2.05, 4.69) is 16.5 Å². The number of benzene rings is 1. The Balaban J connectivity index is 1.88. The molecule has 1 saturated heterocycles. The van der Waals surface area contributed by atoms with Crippen LogP contribution in [0, 0.1) is 11.7 Å². The van der Waals surface area contributed by atoms with E-state index in [4.69, 9.17) is 5.73 Å². The number of likely N-dealkylation sites (tertiary alicyclic amines) is 1. The summed E-state index contributed by atoms with van der Waals surface area (Å²) in [4.78, 5) is 2.25. The standard InChI is InChI=1S/C14H22FN3O2S/c1-11-4-7-18(8-5-11)9-6-17-21(19,20)12-2-3-13(15)14(16)10-12/h2-3,10-11,17H,4-9,16H2,1H3. The third-order valence-corrected chi connectivity index (χ3v) is 5.33. The van der Waals surface area contributed by atoms with Gasteiger partial charge < -0.3 is 10.6 Å². The van der Waals surface area contributed by atoms with Crippen molar-refractivity contribution < 1.29 is 12.8 Å². The maximum absolute atomic E-state index is 13.1. The van der Waals surface area contributed by atoms with E-state index in [0.717, 1.165) is 44.0 Å². The highest BCUT2D eigenvalue weighted by Crippen LogP contribution is 2.17. The lowest BCUT2D eigenvalue weighted by Crippen LogP contribution is -2.39. The van der Waals surface area contributed by atoms with E-state index in [1.807, 2.05) is 0 Å². The molecule has 1 aromatic rings. The van der Waals surface area contributed by atoms with Gasteiger partial charge in [0.05, 0.1) is 10.6 Å². The molecule has 3 N–H and O–H groups in total. The Morgan fingerprint density at radius 1 is 1.38 bits per heavy atom. The van der Waals surface area contributed by atoms with Gasteiger partial charge in [-0.1, -0.05) is 6.92 Å². The molecule has 2 rings (SSSR count). The Bertz CT molecular complexity index is 584. The minimum absolute atomic E-state index is 0.00586. The molecule has 1 aliphatic rings. The van der Waals surface area contributed by atoms with E-state index in [-0.39, 0.29) is 10.6 Å². The number of nitrogens with two attached hydrogens (primary N) is 1. The molecule has 0 aliphatic carbocycles. The van der Waals surface area contributed by atoms with E-state index < -0.39 is 15.8 Å². The maximum atomic E-state index is 13.1. The van der Waals surface area contributed by atoms with Crippen LogP contribution in [0.1, 0.15) is 19.8 Å². The number of nitrogen functional groups attached to an aromatic ring is 1. The Kier molecular flexibility index (Phi) is 5.18. The van der Waals surface area contributed by atoms with Gasteiger partial charge in [0.1, 0.15) is 5.82 Å². The minimum atomic E-state index is -3.63. The van der Waals surface area contributed by atoms with E-state index in [9.17, 15) is 12.8 Å². The zero-order chi connectivity index (χ0) is 15.5. The first-order valence-electron chi connectivity index (χ1n) is 7.15. The van der Waals surface area contributed by atoms with Gasteiger partial charge in [0.2, 0.25) is 10.0 Å². The SMILES string of the molecule is CC1CCN(CCNS(=O)(=O)c2ccc(F)c(N)c2)CC1. The average molecular weight is 315 g/mol. The van der Waals surface area contributed by atoms with Gasteiger partial charge in [-0.3, -0.25) is 0 Å². The van der Waals surface area contributed by atoms with Gasteiger partial charge in [-0.05, 0) is 50.0 Å². The van der Waals surface area contributed by atoms with Crippen LogP contribution >= 0.6 is 0 Å². The van der Waals surface area contributed by atoms with Crippen molar-refractivity contribution in [2.24, 2.45) is 5.92 Å². The molecule has 1 aliphatic heterocycles. The first-order valence-corrected chi connectivity index (χ1v) is 8.64. The van der Waals surface area contributed by atoms with Gasteiger partial charge in [-0.15, -0.1) is 0 Å². The second-order valence-corrected chi connectivity index (χ2v) is 7.37. The normalized spacial score (nSPS) is 18.0. The molecule has 0 bridgehead atoms. The lowest BCUT2D eigenvalue weighted by Gasteiger charge is -2.30. The zero-order valence-electron chi connectivity index (χ0n) is 12.2. The first-order chi connectivity index (χ1) is 9.88. The van der Waals surface area contributed by atoms with Crippen LogP contribution in [0.15, 0.2) is 23.1 Å². The van der Waals surface area contributed by atoms with E-state index in [0.29, 0.717) is 13.1 Å². The Labute approximate surface area is 125 Å². The summed E-state index contributed by atoms with van der Waals surface area (Å²) in [7, 11) is -3.63. The molecular formula is C14H22FN3O2S. The molecule has 21 heavy (non-hydrogen) atoms. The molecule has 0 amide bonds. The zero-order valence-corrected chi connectivity index (χ0v) is 13.0. The number of nitrogens with zero attached hydrogens (tertiary/aromatic N) is 1. The summed E-state index contributed by atoms with van der Waals surface area (Å²) in [6.45, 7) is 5.27.